The van der Waals surface area contributed by atoms with Gasteiger partial charge < -0.3 is 24.2 Å². The molecule has 7 rings (SSSR count). The number of carbonyl (C=O) groups excluding carboxylic acids is 1. The van der Waals surface area contributed by atoms with E-state index in [1.807, 2.05) is 36.4 Å². The second-order valence-corrected chi connectivity index (χ2v) is 13.5. The Kier molecular flexibility index (Phi) is 9.34. The number of morpholine rings is 1. The highest BCUT2D eigenvalue weighted by Crippen LogP contribution is 2.46. The minimum atomic E-state index is -4.98. The van der Waals surface area contributed by atoms with Gasteiger partial charge in [-0.3, -0.25) is 14.7 Å². The highest BCUT2D eigenvalue weighted by molar-refractivity contribution is 5.95. The van der Waals surface area contributed by atoms with E-state index in [0.717, 1.165) is 68.8 Å². The third kappa shape index (κ3) is 6.26. The number of pyridine rings is 2. The molecule has 3 aliphatic rings. The molecule has 0 bridgehead atoms. The topological polar surface area (TPSA) is 98.1 Å². The van der Waals surface area contributed by atoms with Gasteiger partial charge in [0.2, 0.25) is 0 Å². The predicted molar refractivity (Wildman–Crippen MR) is 186 cm³/mol. The molecule has 0 aliphatic carbocycles. The number of ether oxygens (including phenoxy) is 2. The summed E-state index contributed by atoms with van der Waals surface area (Å²) < 4.78 is 55.5. The maximum atomic E-state index is 14.7. The van der Waals surface area contributed by atoms with Crippen LogP contribution < -0.4 is 9.80 Å². The molecule has 0 saturated carbocycles. The number of nitriles is 1. The van der Waals surface area contributed by atoms with Crippen molar-refractivity contribution in [2.75, 3.05) is 62.7 Å². The Morgan fingerprint density at radius 1 is 0.980 bits per heavy atom. The molecule has 1 amide bonds. The molecule has 13 heteroatoms. The summed E-state index contributed by atoms with van der Waals surface area (Å²) in [4.78, 5) is 31.3. The van der Waals surface area contributed by atoms with Crippen LogP contribution in [0.5, 0.6) is 0 Å². The molecule has 0 N–H and O–H groups in total. The van der Waals surface area contributed by atoms with Gasteiger partial charge in [-0.25, -0.2) is 4.98 Å². The maximum Gasteiger partial charge on any atom is 0.430 e. The van der Waals surface area contributed by atoms with Gasteiger partial charge in [0.15, 0.2) is 0 Å². The summed E-state index contributed by atoms with van der Waals surface area (Å²) in [6.45, 7) is 8.98. The fourth-order valence-corrected chi connectivity index (χ4v) is 7.82. The van der Waals surface area contributed by atoms with E-state index < -0.39 is 23.7 Å². The Balaban J connectivity index is 1.01. The van der Waals surface area contributed by atoms with Crippen molar-refractivity contribution in [1.82, 2.24) is 19.8 Å². The summed E-state index contributed by atoms with van der Waals surface area (Å²) >= 11 is 0. The van der Waals surface area contributed by atoms with Crippen molar-refractivity contribution in [1.29, 1.82) is 5.26 Å². The van der Waals surface area contributed by atoms with Gasteiger partial charge in [-0.1, -0.05) is 36.4 Å². The van der Waals surface area contributed by atoms with E-state index in [9.17, 15) is 23.2 Å². The maximum absolute atomic E-state index is 14.7. The molecule has 2 aromatic carbocycles. The summed E-state index contributed by atoms with van der Waals surface area (Å²) in [5, 5.41) is 10.5. The molecule has 5 heterocycles. The lowest BCUT2D eigenvalue weighted by molar-refractivity contribution is -0.271. The number of hydrogen-bond acceptors (Lipinski definition) is 9. The van der Waals surface area contributed by atoms with Crippen LogP contribution in [0.2, 0.25) is 0 Å². The first-order valence-corrected chi connectivity index (χ1v) is 17.2. The van der Waals surface area contributed by atoms with Crippen LogP contribution in [0.1, 0.15) is 42.3 Å². The van der Waals surface area contributed by atoms with E-state index >= 15 is 0 Å². The van der Waals surface area contributed by atoms with Crippen molar-refractivity contribution in [2.45, 2.75) is 50.4 Å². The molecule has 2 saturated heterocycles. The lowest BCUT2D eigenvalue weighted by Gasteiger charge is -2.42. The number of methoxy groups -OCH3 is 1. The van der Waals surface area contributed by atoms with Crippen LogP contribution in [0.25, 0.3) is 10.9 Å². The molecule has 10 nitrogen and oxygen atoms in total. The van der Waals surface area contributed by atoms with Gasteiger partial charge in [-0.2, -0.15) is 18.4 Å². The lowest BCUT2D eigenvalue weighted by atomic mass is 9.90. The molecule has 266 valence electrons. The molecule has 0 unspecified atom stereocenters. The number of halogens is 3. The van der Waals surface area contributed by atoms with E-state index in [4.69, 9.17) is 14.5 Å². The second-order valence-electron chi connectivity index (χ2n) is 13.5. The van der Waals surface area contributed by atoms with Gasteiger partial charge in [-0.15, -0.1) is 0 Å². The van der Waals surface area contributed by atoms with Gasteiger partial charge in [0.1, 0.15) is 11.9 Å². The van der Waals surface area contributed by atoms with Crippen molar-refractivity contribution >= 4 is 28.3 Å². The van der Waals surface area contributed by atoms with E-state index in [-0.39, 0.29) is 24.3 Å². The zero-order valence-electron chi connectivity index (χ0n) is 28.8. The van der Waals surface area contributed by atoms with Crippen molar-refractivity contribution in [3.8, 4) is 6.07 Å². The first-order chi connectivity index (χ1) is 24.5. The van der Waals surface area contributed by atoms with Gasteiger partial charge in [0.25, 0.3) is 11.5 Å². The third-order valence-electron chi connectivity index (χ3n) is 10.4. The Hall–Kier alpha value is -4.77. The quantitative estimate of drug-likeness (QED) is 0.251. The summed E-state index contributed by atoms with van der Waals surface area (Å²) in [6.07, 6.45) is -3.27. The summed E-state index contributed by atoms with van der Waals surface area (Å²) in [5.74, 6) is -0.423. The predicted octanol–water partition coefficient (Wildman–Crippen LogP) is 5.42. The zero-order chi connectivity index (χ0) is 35.9. The van der Waals surface area contributed by atoms with Gasteiger partial charge in [-0.05, 0) is 49.7 Å². The van der Waals surface area contributed by atoms with Crippen molar-refractivity contribution < 1.29 is 27.4 Å². The molecule has 0 spiro atoms. The average Bonchev–Trinajstić information content (AvgIpc) is 3.46. The summed E-state index contributed by atoms with van der Waals surface area (Å²) in [7, 11) is 0.925. The average molecular weight is 700 g/mol. The van der Waals surface area contributed by atoms with Crippen LogP contribution in [0.4, 0.5) is 24.7 Å². The number of amides is 1. The standard InChI is InChI=1S/C38H40F3N7O3/c1-25-21-47(33-13-11-27(20-42)35-31(33)10-7-15-43-35)23-29(51-25)22-45-16-18-46(19-17-45)34-14-12-30-26(2)48(24-32(30)44-34)36(49)37(50-3,38(39,40)41)28-8-5-4-6-9-28/h4-15,25-26,29H,16-19,21-24H2,1-3H3/t25-,26-,29+,37+/m1/s1. The molecule has 4 atom stereocenters. The Morgan fingerprint density at radius 3 is 2.45 bits per heavy atom. The van der Waals surface area contributed by atoms with Crippen LogP contribution in [-0.4, -0.2) is 97.0 Å². The van der Waals surface area contributed by atoms with Crippen molar-refractivity contribution in [2.24, 2.45) is 0 Å². The number of alkyl halides is 3. The van der Waals surface area contributed by atoms with Crippen LogP contribution in [0, 0.1) is 11.3 Å². The van der Waals surface area contributed by atoms with Crippen molar-refractivity contribution in [3.05, 3.63) is 95.3 Å². The largest absolute Gasteiger partial charge is 0.430 e. The smallest absolute Gasteiger partial charge is 0.370 e. The molecule has 51 heavy (non-hydrogen) atoms. The highest BCUT2D eigenvalue weighted by atomic mass is 19.4. The monoisotopic (exact) mass is 699 g/mol. The van der Waals surface area contributed by atoms with Gasteiger partial charge in [0, 0.05) is 75.8 Å². The zero-order valence-corrected chi connectivity index (χ0v) is 28.8. The number of rotatable bonds is 7. The molecule has 2 fully saturated rings. The van der Waals surface area contributed by atoms with Crippen LogP contribution in [-0.2, 0) is 26.4 Å². The van der Waals surface area contributed by atoms with E-state index in [1.165, 1.54) is 29.2 Å². The van der Waals surface area contributed by atoms with Crippen LogP contribution in [0.3, 0.4) is 0 Å². The minimum Gasteiger partial charge on any atom is -0.370 e. The minimum absolute atomic E-state index is 0.0161. The molecule has 0 radical (unpaired) electrons. The van der Waals surface area contributed by atoms with E-state index in [0.29, 0.717) is 23.3 Å². The number of nitrogens with zero attached hydrogens (tertiary/aromatic N) is 7. The highest BCUT2D eigenvalue weighted by Gasteiger charge is 2.64. The van der Waals surface area contributed by atoms with Crippen LogP contribution >= 0.6 is 0 Å². The fraction of sp³-hybridized carbons (Fsp3) is 0.421. The van der Waals surface area contributed by atoms with E-state index in [1.54, 1.807) is 19.2 Å². The molecular formula is C38H40F3N7O3. The number of hydrogen-bond donors (Lipinski definition) is 0. The van der Waals surface area contributed by atoms with Crippen molar-refractivity contribution in [3.63, 3.8) is 0 Å². The van der Waals surface area contributed by atoms with E-state index in [2.05, 4.69) is 32.7 Å². The molecule has 2 aromatic heterocycles. The number of carbonyl (C=O) groups is 1. The number of anilines is 2. The van der Waals surface area contributed by atoms with Gasteiger partial charge >= 0.3 is 6.18 Å². The summed E-state index contributed by atoms with van der Waals surface area (Å²) in [5.41, 5.74) is 0.228. The number of piperazine rings is 1. The Labute approximate surface area is 295 Å². The number of fused-ring (bicyclic) bond motifs is 2. The SMILES string of the molecule is CO[C@](C(=O)N1Cc2nc(N3CCN(C[C@H]4CN(c5ccc(C#N)c6ncccc56)C[C@@H](C)O4)CC3)ccc2[C@H]1C)(c1ccccc1)C(F)(F)F. The third-order valence-corrected chi connectivity index (χ3v) is 10.4. The normalized spacial score (nSPS) is 22.5. The van der Waals surface area contributed by atoms with Gasteiger partial charge in [0.05, 0.1) is 41.6 Å². The molecule has 4 aromatic rings. The Morgan fingerprint density at radius 2 is 1.75 bits per heavy atom. The molecular weight excluding hydrogens is 659 g/mol. The molecule has 3 aliphatic heterocycles. The first-order valence-electron chi connectivity index (χ1n) is 17.2. The van der Waals surface area contributed by atoms with Crippen LogP contribution in [0.15, 0.2) is 72.9 Å². The fourth-order valence-electron chi connectivity index (χ4n) is 7.82. The second kappa shape index (κ2) is 13.7. The first kappa shape index (κ1) is 34.7. The number of aromatic nitrogens is 2. The summed E-state index contributed by atoms with van der Waals surface area (Å²) in [6, 6.07) is 20.2. The lowest BCUT2D eigenvalue weighted by Crippen LogP contribution is -2.56. The number of benzene rings is 2. The Bertz CT molecular complexity index is 1950.